The fourth-order valence-corrected chi connectivity index (χ4v) is 4.32. The van der Waals surface area contributed by atoms with Crippen LogP contribution in [0.5, 0.6) is 0 Å². The summed E-state index contributed by atoms with van der Waals surface area (Å²) in [7, 11) is -3.43. The van der Waals surface area contributed by atoms with Gasteiger partial charge in [-0.2, -0.15) is 0 Å². The quantitative estimate of drug-likeness (QED) is 0.778. The Morgan fingerprint density at radius 2 is 1.62 bits per heavy atom. The van der Waals surface area contributed by atoms with Crippen molar-refractivity contribution in [3.8, 4) is 11.4 Å². The number of sulfone groups is 1. The topological polar surface area (TPSA) is 72.0 Å². The van der Waals surface area contributed by atoms with Crippen molar-refractivity contribution >= 4 is 15.7 Å². The zero-order valence-electron chi connectivity index (χ0n) is 12.8. The first kappa shape index (κ1) is 14.8. The number of fused-ring (bicyclic) bond motifs is 1. The van der Waals surface area contributed by atoms with Gasteiger partial charge in [-0.15, -0.1) is 0 Å². The van der Waals surface area contributed by atoms with Crippen LogP contribution < -0.4 is 5.32 Å². The molecule has 0 saturated carbocycles. The summed E-state index contributed by atoms with van der Waals surface area (Å²) in [6.07, 6.45) is 1.40. The summed E-state index contributed by atoms with van der Waals surface area (Å²) in [5.41, 5.74) is 1.77. The largest absolute Gasteiger partial charge is 0.361 e. The van der Waals surface area contributed by atoms with E-state index in [9.17, 15) is 8.42 Å². The first-order chi connectivity index (χ1) is 11.6. The molecule has 1 unspecified atom stereocenters. The van der Waals surface area contributed by atoms with Crippen molar-refractivity contribution in [1.29, 1.82) is 0 Å². The Morgan fingerprint density at radius 1 is 0.958 bits per heavy atom. The lowest BCUT2D eigenvalue weighted by Gasteiger charge is -2.26. The molecule has 0 spiro atoms. The van der Waals surface area contributed by atoms with E-state index in [1.165, 1.54) is 6.20 Å². The summed E-state index contributed by atoms with van der Waals surface area (Å²) in [4.78, 5) is 8.84. The second kappa shape index (κ2) is 5.72. The molecule has 0 bridgehead atoms. The molecule has 1 aliphatic heterocycles. The van der Waals surface area contributed by atoms with Gasteiger partial charge in [0.2, 0.25) is 0 Å². The fraction of sp³-hybridized carbons (Fsp3) is 0.111. The van der Waals surface area contributed by atoms with Crippen molar-refractivity contribution in [1.82, 2.24) is 9.97 Å². The molecule has 120 valence electrons. The standard InChI is InChI=1S/C18H15N3O2S/c22-24(23)12-15(13-7-3-1-4-8-13)20-18-16(24)11-19-17(21-18)14-9-5-2-6-10-14/h1-11,15H,12H2,(H,19,20,21). The van der Waals surface area contributed by atoms with Gasteiger partial charge in [0.05, 0.1) is 18.0 Å². The van der Waals surface area contributed by atoms with Crippen LogP contribution in [0.3, 0.4) is 0 Å². The van der Waals surface area contributed by atoms with Gasteiger partial charge >= 0.3 is 0 Å². The highest BCUT2D eigenvalue weighted by Gasteiger charge is 2.32. The van der Waals surface area contributed by atoms with Crippen LogP contribution in [0.1, 0.15) is 11.6 Å². The number of benzene rings is 2. The van der Waals surface area contributed by atoms with E-state index in [0.717, 1.165) is 11.1 Å². The zero-order valence-corrected chi connectivity index (χ0v) is 13.6. The lowest BCUT2D eigenvalue weighted by molar-refractivity contribution is 0.586. The third-order valence-electron chi connectivity index (χ3n) is 4.02. The van der Waals surface area contributed by atoms with Crippen molar-refractivity contribution in [2.24, 2.45) is 0 Å². The van der Waals surface area contributed by atoms with Crippen LogP contribution >= 0.6 is 0 Å². The molecule has 0 radical (unpaired) electrons. The number of hydrogen-bond acceptors (Lipinski definition) is 5. The number of nitrogens with zero attached hydrogens (tertiary/aromatic N) is 2. The molecule has 24 heavy (non-hydrogen) atoms. The molecule has 1 aliphatic rings. The minimum atomic E-state index is -3.43. The monoisotopic (exact) mass is 337 g/mol. The van der Waals surface area contributed by atoms with Gasteiger partial charge in [0.1, 0.15) is 10.7 Å². The second-order valence-electron chi connectivity index (χ2n) is 5.66. The third kappa shape index (κ3) is 2.65. The summed E-state index contributed by atoms with van der Waals surface area (Å²) >= 11 is 0. The normalized spacial score (nSPS) is 18.4. The van der Waals surface area contributed by atoms with Crippen molar-refractivity contribution in [3.63, 3.8) is 0 Å². The van der Waals surface area contributed by atoms with E-state index in [4.69, 9.17) is 0 Å². The molecule has 1 aromatic heterocycles. The molecular weight excluding hydrogens is 322 g/mol. The maximum absolute atomic E-state index is 12.6. The van der Waals surface area contributed by atoms with Crippen LogP contribution in [0.25, 0.3) is 11.4 Å². The molecule has 6 heteroatoms. The van der Waals surface area contributed by atoms with E-state index in [2.05, 4.69) is 15.3 Å². The summed E-state index contributed by atoms with van der Waals surface area (Å²) in [5.74, 6) is 0.868. The highest BCUT2D eigenvalue weighted by atomic mass is 32.2. The van der Waals surface area contributed by atoms with Crippen LogP contribution in [0.2, 0.25) is 0 Å². The van der Waals surface area contributed by atoms with Gasteiger partial charge in [0.15, 0.2) is 15.7 Å². The molecule has 2 aromatic carbocycles. The van der Waals surface area contributed by atoms with Crippen LogP contribution in [0, 0.1) is 0 Å². The van der Waals surface area contributed by atoms with E-state index in [1.54, 1.807) is 0 Å². The molecule has 5 nitrogen and oxygen atoms in total. The average Bonchev–Trinajstić information content (AvgIpc) is 2.62. The number of anilines is 1. The van der Waals surface area contributed by atoms with Crippen molar-refractivity contribution in [3.05, 3.63) is 72.4 Å². The number of rotatable bonds is 2. The molecule has 0 fully saturated rings. The molecule has 1 N–H and O–H groups in total. The van der Waals surface area contributed by atoms with Crippen LogP contribution in [0.4, 0.5) is 5.82 Å². The van der Waals surface area contributed by atoms with Gasteiger partial charge in [-0.25, -0.2) is 18.4 Å². The van der Waals surface area contributed by atoms with Crippen molar-refractivity contribution in [2.45, 2.75) is 10.9 Å². The molecule has 4 rings (SSSR count). The molecule has 0 saturated heterocycles. The Kier molecular flexibility index (Phi) is 3.54. The first-order valence-electron chi connectivity index (χ1n) is 7.60. The highest BCUT2D eigenvalue weighted by Crippen LogP contribution is 2.33. The van der Waals surface area contributed by atoms with Crippen molar-refractivity contribution in [2.75, 3.05) is 11.1 Å². The predicted molar refractivity (Wildman–Crippen MR) is 92.3 cm³/mol. The maximum Gasteiger partial charge on any atom is 0.185 e. The lowest BCUT2D eigenvalue weighted by Crippen LogP contribution is -2.28. The summed E-state index contributed by atoms with van der Waals surface area (Å²) in [5, 5.41) is 3.25. The second-order valence-corrected chi connectivity index (χ2v) is 7.66. The Hall–Kier alpha value is -2.73. The zero-order chi connectivity index (χ0) is 16.6. The lowest BCUT2D eigenvalue weighted by atomic mass is 10.1. The number of nitrogens with one attached hydrogen (secondary N) is 1. The Bertz CT molecular complexity index is 974. The van der Waals surface area contributed by atoms with E-state index < -0.39 is 9.84 Å². The van der Waals surface area contributed by atoms with Crippen molar-refractivity contribution < 1.29 is 8.42 Å². The van der Waals surface area contributed by atoms with Crippen LogP contribution in [-0.4, -0.2) is 24.1 Å². The predicted octanol–water partition coefficient (Wildman–Crippen LogP) is 3.08. The minimum Gasteiger partial charge on any atom is -0.361 e. The van der Waals surface area contributed by atoms with Gasteiger partial charge in [-0.05, 0) is 5.56 Å². The van der Waals surface area contributed by atoms with E-state index in [1.807, 2.05) is 60.7 Å². The summed E-state index contributed by atoms with van der Waals surface area (Å²) in [6.45, 7) is 0. The Balaban J connectivity index is 1.79. The SMILES string of the molecule is O=S1(=O)CC(c2ccccc2)Nc2nc(-c3ccccc3)ncc21. The van der Waals surface area contributed by atoms with Gasteiger partial charge in [-0.3, -0.25) is 0 Å². The van der Waals surface area contributed by atoms with Crippen LogP contribution in [-0.2, 0) is 9.84 Å². The van der Waals surface area contributed by atoms with Gasteiger partial charge in [-0.1, -0.05) is 60.7 Å². The number of aromatic nitrogens is 2. The van der Waals surface area contributed by atoms with Gasteiger partial charge < -0.3 is 5.32 Å². The number of hydrogen-bond donors (Lipinski definition) is 1. The molecule has 0 aliphatic carbocycles. The average molecular weight is 337 g/mol. The fourth-order valence-electron chi connectivity index (χ4n) is 2.81. The smallest absolute Gasteiger partial charge is 0.185 e. The van der Waals surface area contributed by atoms with Gasteiger partial charge in [0.25, 0.3) is 0 Å². The Labute approximate surface area is 140 Å². The summed E-state index contributed by atoms with van der Waals surface area (Å²) in [6, 6.07) is 18.7. The molecule has 0 amide bonds. The maximum atomic E-state index is 12.6. The molecule has 3 aromatic rings. The summed E-state index contributed by atoms with van der Waals surface area (Å²) < 4.78 is 25.2. The highest BCUT2D eigenvalue weighted by molar-refractivity contribution is 7.91. The third-order valence-corrected chi connectivity index (χ3v) is 5.76. The molecular formula is C18H15N3O2S. The Morgan fingerprint density at radius 3 is 2.33 bits per heavy atom. The van der Waals surface area contributed by atoms with E-state index in [-0.39, 0.29) is 16.7 Å². The molecule has 1 atom stereocenters. The van der Waals surface area contributed by atoms with Crippen LogP contribution in [0.15, 0.2) is 71.8 Å². The molecule has 2 heterocycles. The first-order valence-corrected chi connectivity index (χ1v) is 9.25. The van der Waals surface area contributed by atoms with Gasteiger partial charge in [0, 0.05) is 5.56 Å². The van der Waals surface area contributed by atoms with E-state index >= 15 is 0 Å². The minimum absolute atomic E-state index is 0.00193. The van der Waals surface area contributed by atoms with E-state index in [0.29, 0.717) is 11.6 Å².